The second-order valence-electron chi connectivity index (χ2n) is 10.3. The molecule has 0 atom stereocenters. The molecular formula is C29H32F6O2. The van der Waals surface area contributed by atoms with E-state index in [-0.39, 0.29) is 18.8 Å². The molecule has 0 amide bonds. The van der Waals surface area contributed by atoms with E-state index in [9.17, 15) is 26.3 Å². The Morgan fingerprint density at radius 1 is 0.730 bits per heavy atom. The summed E-state index contributed by atoms with van der Waals surface area (Å²) in [5.74, 6) is -2.76. The Balaban J connectivity index is 1.23. The van der Waals surface area contributed by atoms with Crippen molar-refractivity contribution in [3.8, 4) is 11.5 Å². The van der Waals surface area contributed by atoms with E-state index in [1.807, 2.05) is 0 Å². The van der Waals surface area contributed by atoms with Gasteiger partial charge < -0.3 is 9.47 Å². The average molecular weight is 527 g/mol. The largest absolute Gasteiger partial charge is 0.573 e. The summed E-state index contributed by atoms with van der Waals surface area (Å²) in [6.45, 7) is 2.09. The van der Waals surface area contributed by atoms with Crippen molar-refractivity contribution >= 4 is 0 Å². The highest BCUT2D eigenvalue weighted by molar-refractivity contribution is 5.33. The van der Waals surface area contributed by atoms with E-state index < -0.39 is 35.7 Å². The second kappa shape index (κ2) is 11.4. The molecule has 37 heavy (non-hydrogen) atoms. The lowest BCUT2D eigenvalue weighted by atomic mass is 9.77. The predicted octanol–water partition coefficient (Wildman–Crippen LogP) is 9.34. The van der Waals surface area contributed by atoms with Gasteiger partial charge in [0.25, 0.3) is 0 Å². The van der Waals surface area contributed by atoms with Crippen LogP contribution in [0.2, 0.25) is 0 Å². The lowest BCUT2D eigenvalue weighted by Crippen LogP contribution is -2.37. The highest BCUT2D eigenvalue weighted by Crippen LogP contribution is 2.42. The van der Waals surface area contributed by atoms with E-state index in [0.717, 1.165) is 31.7 Å². The second-order valence-corrected chi connectivity index (χ2v) is 10.3. The van der Waals surface area contributed by atoms with Crippen molar-refractivity contribution in [2.75, 3.05) is 0 Å². The van der Waals surface area contributed by atoms with Crippen molar-refractivity contribution in [3.63, 3.8) is 0 Å². The summed E-state index contributed by atoms with van der Waals surface area (Å²) in [4.78, 5) is 0. The fourth-order valence-electron chi connectivity index (χ4n) is 5.44. The number of aryl methyl sites for hydroxylation is 1. The normalized spacial score (nSPS) is 25.3. The standard InChI is InChI=1S/C29H32F6O2/c1-19-2-10-22(11-3-19)23-12-6-20(7-13-23)4-5-21-8-14-24(15-9-21)28(31,32)36-25-16-17-27(26(30)18-25)37-29(33,34)35/h2-5,10-11,16-18,20-21,23-24H,6-9,12-15H2,1H3/b5-4+. The minimum atomic E-state index is -5.08. The Labute approximate surface area is 213 Å². The van der Waals surface area contributed by atoms with Crippen molar-refractivity contribution in [2.24, 2.45) is 17.8 Å². The van der Waals surface area contributed by atoms with Crippen molar-refractivity contribution in [3.05, 3.63) is 71.6 Å². The van der Waals surface area contributed by atoms with E-state index in [0.29, 0.717) is 36.8 Å². The van der Waals surface area contributed by atoms with Gasteiger partial charge in [0.15, 0.2) is 11.6 Å². The molecule has 2 aromatic rings. The molecular weight excluding hydrogens is 494 g/mol. The number of benzene rings is 2. The van der Waals surface area contributed by atoms with E-state index in [2.05, 4.69) is 48.1 Å². The number of hydrogen-bond acceptors (Lipinski definition) is 2. The fourth-order valence-corrected chi connectivity index (χ4v) is 5.44. The summed E-state index contributed by atoms with van der Waals surface area (Å²) in [5, 5.41) is 0. The van der Waals surface area contributed by atoms with Gasteiger partial charge in [-0.2, -0.15) is 8.78 Å². The average Bonchev–Trinajstić information content (AvgIpc) is 2.85. The van der Waals surface area contributed by atoms with Gasteiger partial charge in [0.05, 0.1) is 5.92 Å². The van der Waals surface area contributed by atoms with E-state index >= 15 is 0 Å². The molecule has 2 aromatic carbocycles. The molecule has 0 bridgehead atoms. The maximum atomic E-state index is 14.7. The Hall–Kier alpha value is -2.64. The van der Waals surface area contributed by atoms with Crippen LogP contribution in [0.15, 0.2) is 54.6 Å². The third-order valence-electron chi connectivity index (χ3n) is 7.61. The molecule has 2 nitrogen and oxygen atoms in total. The molecule has 0 aliphatic heterocycles. The van der Waals surface area contributed by atoms with E-state index in [1.165, 1.54) is 11.1 Å². The third kappa shape index (κ3) is 7.68. The summed E-state index contributed by atoms with van der Waals surface area (Å²) in [5.41, 5.74) is 2.67. The highest BCUT2D eigenvalue weighted by Gasteiger charge is 2.44. The van der Waals surface area contributed by atoms with E-state index in [4.69, 9.17) is 4.74 Å². The molecule has 202 valence electrons. The Morgan fingerprint density at radius 3 is 1.84 bits per heavy atom. The van der Waals surface area contributed by atoms with Gasteiger partial charge in [-0.25, -0.2) is 4.39 Å². The van der Waals surface area contributed by atoms with Gasteiger partial charge in [0.2, 0.25) is 0 Å². The Kier molecular flexibility index (Phi) is 8.44. The van der Waals surface area contributed by atoms with Gasteiger partial charge in [0, 0.05) is 6.07 Å². The number of halogens is 6. The molecule has 2 aliphatic rings. The summed E-state index contributed by atoms with van der Waals surface area (Å²) < 4.78 is 88.4. The van der Waals surface area contributed by atoms with Crippen LogP contribution in [0.4, 0.5) is 26.3 Å². The molecule has 0 spiro atoms. The summed E-state index contributed by atoms with van der Waals surface area (Å²) >= 11 is 0. The first-order chi connectivity index (χ1) is 17.5. The SMILES string of the molecule is Cc1ccc(C2CCC(/C=C/C3CCC(C(F)(F)Oc4ccc(OC(F)(F)F)c(F)c4)CC3)CC2)cc1. The molecule has 0 radical (unpaired) electrons. The third-order valence-corrected chi connectivity index (χ3v) is 7.61. The zero-order chi connectivity index (χ0) is 26.6. The zero-order valence-corrected chi connectivity index (χ0v) is 20.7. The van der Waals surface area contributed by atoms with Crippen LogP contribution >= 0.6 is 0 Å². The molecule has 0 heterocycles. The molecule has 8 heteroatoms. The molecule has 0 unspecified atom stereocenters. The molecule has 2 fully saturated rings. The number of rotatable bonds is 7. The first-order valence-corrected chi connectivity index (χ1v) is 12.9. The molecule has 2 saturated carbocycles. The topological polar surface area (TPSA) is 18.5 Å². The van der Waals surface area contributed by atoms with Gasteiger partial charge in [-0.3, -0.25) is 0 Å². The molecule has 2 aliphatic carbocycles. The maximum absolute atomic E-state index is 14.7. The lowest BCUT2D eigenvalue weighted by Gasteiger charge is -2.32. The Morgan fingerprint density at radius 2 is 1.30 bits per heavy atom. The number of hydrogen-bond donors (Lipinski definition) is 0. The summed E-state index contributed by atoms with van der Waals surface area (Å²) in [6.07, 6.45) is 2.06. The van der Waals surface area contributed by atoms with Crippen LogP contribution in [0.25, 0.3) is 0 Å². The minimum absolute atomic E-state index is 0.234. The number of alkyl halides is 5. The van der Waals surface area contributed by atoms with Gasteiger partial charge in [0.1, 0.15) is 5.75 Å². The van der Waals surface area contributed by atoms with Gasteiger partial charge in [-0.1, -0.05) is 42.0 Å². The lowest BCUT2D eigenvalue weighted by molar-refractivity contribution is -0.275. The van der Waals surface area contributed by atoms with Crippen LogP contribution in [-0.2, 0) is 0 Å². The minimum Gasteiger partial charge on any atom is -0.432 e. The number of ether oxygens (including phenoxy) is 2. The quantitative estimate of drug-likeness (QED) is 0.264. The van der Waals surface area contributed by atoms with Crippen molar-refractivity contribution in [1.29, 1.82) is 0 Å². The summed E-state index contributed by atoms with van der Waals surface area (Å²) in [6, 6.07) is 10.7. The first-order valence-electron chi connectivity index (χ1n) is 12.9. The van der Waals surface area contributed by atoms with Crippen LogP contribution in [0.5, 0.6) is 11.5 Å². The van der Waals surface area contributed by atoms with Crippen LogP contribution in [-0.4, -0.2) is 12.5 Å². The smallest absolute Gasteiger partial charge is 0.432 e. The van der Waals surface area contributed by atoms with Crippen molar-refractivity contribution < 1.29 is 35.8 Å². The van der Waals surface area contributed by atoms with Gasteiger partial charge >= 0.3 is 12.5 Å². The van der Waals surface area contributed by atoms with Gasteiger partial charge in [-0.05, 0) is 93.7 Å². The maximum Gasteiger partial charge on any atom is 0.573 e. The fraction of sp³-hybridized carbons (Fsp3) is 0.517. The monoisotopic (exact) mass is 526 g/mol. The number of allylic oxidation sites excluding steroid dienone is 2. The molecule has 0 aromatic heterocycles. The van der Waals surface area contributed by atoms with Crippen molar-refractivity contribution in [2.45, 2.75) is 76.7 Å². The van der Waals surface area contributed by atoms with Crippen LogP contribution in [0.1, 0.15) is 68.4 Å². The Bertz CT molecular complexity index is 1050. The first kappa shape index (κ1) is 27.4. The van der Waals surface area contributed by atoms with Crippen LogP contribution in [0, 0.1) is 30.5 Å². The zero-order valence-electron chi connectivity index (χ0n) is 20.7. The van der Waals surface area contributed by atoms with Crippen molar-refractivity contribution in [1.82, 2.24) is 0 Å². The van der Waals surface area contributed by atoms with Crippen LogP contribution < -0.4 is 9.47 Å². The summed E-state index contributed by atoms with van der Waals surface area (Å²) in [7, 11) is 0. The molecule has 0 saturated heterocycles. The molecule has 0 N–H and O–H groups in total. The molecule has 4 rings (SSSR count). The van der Waals surface area contributed by atoms with Crippen LogP contribution in [0.3, 0.4) is 0 Å². The predicted molar refractivity (Wildman–Crippen MR) is 129 cm³/mol. The van der Waals surface area contributed by atoms with Gasteiger partial charge in [-0.15, -0.1) is 13.2 Å². The highest BCUT2D eigenvalue weighted by atomic mass is 19.4. The van der Waals surface area contributed by atoms with E-state index in [1.54, 1.807) is 0 Å².